The molecular weight excluding hydrogens is 448 g/mol. The van der Waals surface area contributed by atoms with Crippen LogP contribution in [0, 0.1) is 22.5 Å². The van der Waals surface area contributed by atoms with Gasteiger partial charge in [0.15, 0.2) is 0 Å². The lowest BCUT2D eigenvalue weighted by atomic mass is 9.72. The fourth-order valence-electron chi connectivity index (χ4n) is 4.66. The zero-order chi connectivity index (χ0) is 25.4. The van der Waals surface area contributed by atoms with Crippen LogP contribution in [-0.4, -0.2) is 64.5 Å². The number of likely N-dealkylation sites (tertiary alicyclic amines) is 2. The second-order valence-electron chi connectivity index (χ2n) is 10.7. The molecule has 9 heteroatoms. The Labute approximate surface area is 205 Å². The van der Waals surface area contributed by atoms with E-state index in [4.69, 9.17) is 4.74 Å². The first-order valence-electron chi connectivity index (χ1n) is 11.8. The number of carbonyl (C=O) groups excluding carboxylic acids is 2. The van der Waals surface area contributed by atoms with Crippen LogP contribution in [0.3, 0.4) is 0 Å². The molecule has 0 aliphatic carbocycles. The predicted octanol–water partition coefficient (Wildman–Crippen LogP) is 4.01. The molecule has 2 amide bonds. The Bertz CT molecular complexity index is 1110. The van der Waals surface area contributed by atoms with Crippen molar-refractivity contribution in [1.29, 1.82) is 0 Å². The van der Waals surface area contributed by atoms with Crippen LogP contribution in [0.1, 0.15) is 31.9 Å². The first-order chi connectivity index (χ1) is 16.4. The van der Waals surface area contributed by atoms with E-state index in [-0.39, 0.29) is 23.1 Å². The van der Waals surface area contributed by atoms with Crippen LogP contribution < -0.4 is 5.32 Å². The number of nitrogens with one attached hydrogen (secondary N) is 1. The molecule has 1 N–H and O–H groups in total. The summed E-state index contributed by atoms with van der Waals surface area (Å²) in [6.45, 7) is 9.73. The number of ether oxygens (including phenoxy) is 1. The van der Waals surface area contributed by atoms with Crippen LogP contribution in [0.2, 0.25) is 0 Å². The summed E-state index contributed by atoms with van der Waals surface area (Å²) < 4.78 is 5.43. The van der Waals surface area contributed by atoms with E-state index in [0.29, 0.717) is 38.3 Å². The number of carbonyl (C=O) groups is 2. The molecule has 0 bridgehead atoms. The quantitative estimate of drug-likeness (QED) is 0.495. The van der Waals surface area contributed by atoms with E-state index >= 15 is 0 Å². The van der Waals surface area contributed by atoms with Gasteiger partial charge in [0.25, 0.3) is 5.69 Å². The lowest BCUT2D eigenvalue weighted by molar-refractivity contribution is -0.384. The summed E-state index contributed by atoms with van der Waals surface area (Å²) in [6.07, 6.45) is 0.0711. The normalized spacial score (nSPS) is 17.3. The molecule has 2 fully saturated rings. The van der Waals surface area contributed by atoms with Gasteiger partial charge in [-0.3, -0.25) is 14.9 Å². The minimum atomic E-state index is -0.654. The number of anilines is 1. The Hall–Kier alpha value is -3.62. The van der Waals surface area contributed by atoms with E-state index in [0.717, 1.165) is 11.1 Å². The Balaban J connectivity index is 1.43. The molecule has 2 aliphatic heterocycles. The average molecular weight is 481 g/mol. The molecule has 0 radical (unpaired) electrons. The SMILES string of the molecule is Cc1ccc(C[C@H](Nc2ccccc2[N+](=O)[O-])C(=O)N2CC3(CN(C(=O)OC(C)(C)C)C3)C2)cc1. The van der Waals surface area contributed by atoms with Gasteiger partial charge in [-0.25, -0.2) is 4.79 Å². The second-order valence-corrected chi connectivity index (χ2v) is 10.7. The van der Waals surface area contributed by atoms with Crippen molar-refractivity contribution in [2.24, 2.45) is 5.41 Å². The maximum atomic E-state index is 13.5. The van der Waals surface area contributed by atoms with Crippen LogP contribution in [0.4, 0.5) is 16.2 Å². The topological polar surface area (TPSA) is 105 Å². The Morgan fingerprint density at radius 1 is 1.06 bits per heavy atom. The van der Waals surface area contributed by atoms with Crippen molar-refractivity contribution < 1.29 is 19.2 Å². The summed E-state index contributed by atoms with van der Waals surface area (Å²) in [5, 5.41) is 14.6. The number of aryl methyl sites for hydroxylation is 1. The van der Waals surface area contributed by atoms with Crippen LogP contribution >= 0.6 is 0 Å². The molecule has 0 unspecified atom stereocenters. The molecule has 1 atom stereocenters. The van der Waals surface area contributed by atoms with Gasteiger partial charge in [-0.2, -0.15) is 0 Å². The molecule has 9 nitrogen and oxygen atoms in total. The zero-order valence-corrected chi connectivity index (χ0v) is 20.6. The van der Waals surface area contributed by atoms with Crippen molar-refractivity contribution in [2.45, 2.75) is 45.8 Å². The number of benzene rings is 2. The minimum Gasteiger partial charge on any atom is -0.444 e. The van der Waals surface area contributed by atoms with Crippen LogP contribution in [0.5, 0.6) is 0 Å². The number of nitro groups is 1. The molecular formula is C26H32N4O5. The summed E-state index contributed by atoms with van der Waals surface area (Å²) in [5.74, 6) is -0.106. The average Bonchev–Trinajstić information content (AvgIpc) is 2.71. The summed E-state index contributed by atoms with van der Waals surface area (Å²) in [4.78, 5) is 40.3. The van der Waals surface area contributed by atoms with Crippen molar-refractivity contribution in [2.75, 3.05) is 31.5 Å². The maximum absolute atomic E-state index is 13.5. The van der Waals surface area contributed by atoms with Crippen LogP contribution in [0.25, 0.3) is 0 Å². The smallest absolute Gasteiger partial charge is 0.410 e. The first-order valence-corrected chi connectivity index (χ1v) is 11.8. The Morgan fingerprint density at radius 2 is 1.66 bits per heavy atom. The van der Waals surface area contributed by atoms with Crippen molar-refractivity contribution in [3.8, 4) is 0 Å². The van der Waals surface area contributed by atoms with Gasteiger partial charge in [0.2, 0.25) is 5.91 Å². The van der Waals surface area contributed by atoms with Gasteiger partial charge in [0.1, 0.15) is 17.3 Å². The van der Waals surface area contributed by atoms with Gasteiger partial charge < -0.3 is 19.9 Å². The molecule has 2 aliphatic rings. The molecule has 1 spiro atoms. The monoisotopic (exact) mass is 480 g/mol. The highest BCUT2D eigenvalue weighted by atomic mass is 16.6. The van der Waals surface area contributed by atoms with Gasteiger partial charge >= 0.3 is 6.09 Å². The second kappa shape index (κ2) is 9.20. The Morgan fingerprint density at radius 3 is 2.26 bits per heavy atom. The van der Waals surface area contributed by atoms with Gasteiger partial charge in [-0.15, -0.1) is 0 Å². The van der Waals surface area contributed by atoms with Crippen LogP contribution in [0.15, 0.2) is 48.5 Å². The number of rotatable bonds is 6. The summed E-state index contributed by atoms with van der Waals surface area (Å²) in [7, 11) is 0. The highest BCUT2D eigenvalue weighted by Gasteiger charge is 2.55. The van der Waals surface area contributed by atoms with Crippen LogP contribution in [-0.2, 0) is 16.0 Å². The van der Waals surface area contributed by atoms with E-state index in [1.54, 1.807) is 28.0 Å². The maximum Gasteiger partial charge on any atom is 0.410 e. The first kappa shape index (κ1) is 24.5. The van der Waals surface area contributed by atoms with E-state index in [1.165, 1.54) is 6.07 Å². The predicted molar refractivity (Wildman–Crippen MR) is 132 cm³/mol. The minimum absolute atomic E-state index is 0.0683. The molecule has 2 saturated heterocycles. The largest absolute Gasteiger partial charge is 0.444 e. The molecule has 35 heavy (non-hydrogen) atoms. The number of nitrogens with zero attached hydrogens (tertiary/aromatic N) is 3. The summed E-state index contributed by atoms with van der Waals surface area (Å²) in [6, 6.07) is 13.6. The Kier molecular flexibility index (Phi) is 6.44. The number of hydrogen-bond acceptors (Lipinski definition) is 6. The number of nitro benzene ring substituents is 1. The molecule has 2 aromatic carbocycles. The van der Waals surface area contributed by atoms with E-state index in [9.17, 15) is 19.7 Å². The van der Waals surface area contributed by atoms with E-state index < -0.39 is 16.6 Å². The lowest BCUT2D eigenvalue weighted by Crippen LogP contribution is -2.74. The van der Waals surface area contributed by atoms with Crippen molar-refractivity contribution in [1.82, 2.24) is 9.80 Å². The highest BCUT2D eigenvalue weighted by molar-refractivity contribution is 5.87. The molecule has 2 heterocycles. The third kappa shape index (κ3) is 5.55. The lowest BCUT2D eigenvalue weighted by Gasteiger charge is -2.60. The standard InChI is InChI=1S/C26H32N4O5/c1-18-9-11-19(12-10-18)13-21(27-20-7-5-6-8-22(20)30(33)34)23(31)28-14-26(15-28)16-29(17-26)24(32)35-25(2,3)4/h5-12,21,27H,13-17H2,1-4H3/t21-/m0/s1. The fourth-order valence-corrected chi connectivity index (χ4v) is 4.66. The number of amides is 2. The van der Waals surface area contributed by atoms with Gasteiger partial charge in [-0.05, 0) is 39.3 Å². The summed E-state index contributed by atoms with van der Waals surface area (Å²) >= 11 is 0. The number of hydrogen-bond donors (Lipinski definition) is 1. The van der Waals surface area contributed by atoms with Gasteiger partial charge in [-0.1, -0.05) is 42.0 Å². The third-order valence-corrected chi connectivity index (χ3v) is 6.36. The number of para-hydroxylation sites is 2. The fraction of sp³-hybridized carbons (Fsp3) is 0.462. The molecule has 2 aromatic rings. The van der Waals surface area contributed by atoms with Gasteiger partial charge in [0.05, 0.1) is 4.92 Å². The molecule has 186 valence electrons. The van der Waals surface area contributed by atoms with Crippen molar-refractivity contribution >= 4 is 23.4 Å². The molecule has 0 saturated carbocycles. The van der Waals surface area contributed by atoms with Crippen molar-refractivity contribution in [3.05, 3.63) is 69.8 Å². The molecule has 4 rings (SSSR count). The van der Waals surface area contributed by atoms with Gasteiger partial charge in [0, 0.05) is 44.1 Å². The van der Waals surface area contributed by atoms with Crippen molar-refractivity contribution in [3.63, 3.8) is 0 Å². The van der Waals surface area contributed by atoms with E-state index in [2.05, 4.69) is 5.32 Å². The highest BCUT2D eigenvalue weighted by Crippen LogP contribution is 2.41. The molecule has 0 aromatic heterocycles. The third-order valence-electron chi connectivity index (χ3n) is 6.36. The zero-order valence-electron chi connectivity index (χ0n) is 20.6. The summed E-state index contributed by atoms with van der Waals surface area (Å²) in [5.41, 5.74) is 1.69. The van der Waals surface area contributed by atoms with E-state index in [1.807, 2.05) is 52.0 Å².